The van der Waals surface area contributed by atoms with Crippen LogP contribution in [0.2, 0.25) is 0 Å². The van der Waals surface area contributed by atoms with Gasteiger partial charge in [0.2, 0.25) is 0 Å². The van der Waals surface area contributed by atoms with E-state index in [-0.39, 0.29) is 22.2 Å². The zero-order chi connectivity index (χ0) is 19.0. The Morgan fingerprint density at radius 3 is 2.52 bits per heavy atom. The van der Waals surface area contributed by atoms with Gasteiger partial charge in [-0.1, -0.05) is 30.3 Å². The zero-order valence-corrected chi connectivity index (χ0v) is 15.6. The molecule has 2 aromatic carbocycles. The molecule has 4 rings (SSSR count). The van der Waals surface area contributed by atoms with Crippen molar-refractivity contribution < 1.29 is 4.39 Å². The van der Waals surface area contributed by atoms with Crippen molar-refractivity contribution in [1.29, 1.82) is 0 Å². The number of halogens is 1. The smallest absolute Gasteiger partial charge is 0.258 e. The van der Waals surface area contributed by atoms with Crippen molar-refractivity contribution in [2.24, 2.45) is 0 Å². The van der Waals surface area contributed by atoms with Crippen molar-refractivity contribution in [2.45, 2.75) is 19.5 Å². The lowest BCUT2D eigenvalue weighted by Crippen LogP contribution is -2.40. The Bertz CT molecular complexity index is 1080. The Balaban J connectivity index is 1.74. The average molecular weight is 382 g/mol. The van der Waals surface area contributed by atoms with Gasteiger partial charge in [-0.15, -0.1) is 0 Å². The number of hydrogen-bond donors (Lipinski definition) is 2. The van der Waals surface area contributed by atoms with E-state index in [1.165, 1.54) is 17.7 Å². The minimum atomic E-state index is -0.320. The topological polar surface area (TPSA) is 53.1 Å². The van der Waals surface area contributed by atoms with Crippen molar-refractivity contribution in [3.05, 3.63) is 86.7 Å². The highest BCUT2D eigenvalue weighted by Crippen LogP contribution is 2.28. The third kappa shape index (κ3) is 3.31. The molecule has 0 saturated carbocycles. The van der Waals surface area contributed by atoms with E-state index in [9.17, 15) is 9.18 Å². The molecule has 138 valence electrons. The minimum absolute atomic E-state index is 0.147. The third-order valence-electron chi connectivity index (χ3n) is 4.93. The van der Waals surface area contributed by atoms with Crippen molar-refractivity contribution in [3.63, 3.8) is 0 Å². The molecule has 0 bridgehead atoms. The molecular weight excluding hydrogens is 363 g/mol. The van der Waals surface area contributed by atoms with E-state index in [2.05, 4.69) is 34.3 Å². The van der Waals surface area contributed by atoms with Crippen LogP contribution in [0.4, 0.5) is 10.2 Å². The summed E-state index contributed by atoms with van der Waals surface area (Å²) in [5, 5.41) is 3.34. The first-order chi connectivity index (χ1) is 13.0. The molecule has 1 atom stereocenters. The van der Waals surface area contributed by atoms with Crippen LogP contribution in [0.5, 0.6) is 0 Å². The van der Waals surface area contributed by atoms with Gasteiger partial charge in [0, 0.05) is 18.3 Å². The zero-order valence-electron chi connectivity index (χ0n) is 14.8. The second-order valence-corrected chi connectivity index (χ2v) is 6.95. The van der Waals surface area contributed by atoms with E-state index in [4.69, 9.17) is 12.2 Å². The monoisotopic (exact) mass is 382 g/mol. The number of hydrogen-bond acceptors (Lipinski definition) is 4. The van der Waals surface area contributed by atoms with Gasteiger partial charge in [0.05, 0.1) is 12.2 Å². The summed E-state index contributed by atoms with van der Waals surface area (Å²) >= 11 is 5.36. The summed E-state index contributed by atoms with van der Waals surface area (Å²) in [4.78, 5) is 17.5. The van der Waals surface area contributed by atoms with E-state index >= 15 is 0 Å². The maximum absolute atomic E-state index is 13.3. The van der Waals surface area contributed by atoms with Crippen molar-refractivity contribution in [3.8, 4) is 5.69 Å². The van der Waals surface area contributed by atoms with Crippen LogP contribution in [-0.2, 0) is 6.54 Å². The number of aromatic amines is 1. The van der Waals surface area contributed by atoms with E-state index in [1.807, 2.05) is 18.2 Å². The Labute approximate surface area is 161 Å². The Morgan fingerprint density at radius 1 is 1.11 bits per heavy atom. The highest BCUT2D eigenvalue weighted by Gasteiger charge is 2.26. The van der Waals surface area contributed by atoms with E-state index in [0.717, 1.165) is 0 Å². The van der Waals surface area contributed by atoms with Gasteiger partial charge < -0.3 is 5.32 Å². The lowest BCUT2D eigenvalue weighted by atomic mass is 10.1. The molecule has 27 heavy (non-hydrogen) atoms. The van der Waals surface area contributed by atoms with Gasteiger partial charge in [0.25, 0.3) is 5.56 Å². The number of H-pyrrole nitrogens is 1. The van der Waals surface area contributed by atoms with E-state index in [0.29, 0.717) is 30.3 Å². The predicted octanol–water partition coefficient (Wildman–Crippen LogP) is 3.98. The van der Waals surface area contributed by atoms with Crippen molar-refractivity contribution >= 4 is 18.0 Å². The van der Waals surface area contributed by atoms with Gasteiger partial charge >= 0.3 is 0 Å². The molecule has 0 fully saturated rings. The lowest BCUT2D eigenvalue weighted by molar-refractivity contribution is 0.207. The third-order valence-corrected chi connectivity index (χ3v) is 5.22. The Hall–Kier alpha value is -2.77. The summed E-state index contributed by atoms with van der Waals surface area (Å²) in [6.07, 6.45) is 0. The number of benzene rings is 2. The molecule has 0 unspecified atom stereocenters. The van der Waals surface area contributed by atoms with Crippen LogP contribution in [0.1, 0.15) is 24.1 Å². The number of aromatic nitrogens is 2. The summed E-state index contributed by atoms with van der Waals surface area (Å²) in [5.41, 5.74) is 2.30. The average Bonchev–Trinajstić information content (AvgIpc) is 2.69. The molecule has 2 heterocycles. The molecule has 0 radical (unpaired) electrons. The van der Waals surface area contributed by atoms with Crippen LogP contribution in [-0.4, -0.2) is 21.1 Å². The van der Waals surface area contributed by atoms with Crippen molar-refractivity contribution in [2.75, 3.05) is 12.0 Å². The molecular formula is C20H19FN4OS. The number of anilines is 1. The van der Waals surface area contributed by atoms with Crippen LogP contribution in [0.3, 0.4) is 0 Å². The van der Waals surface area contributed by atoms with Gasteiger partial charge in [0.1, 0.15) is 11.6 Å². The van der Waals surface area contributed by atoms with Crippen LogP contribution >= 0.6 is 12.2 Å². The Kier molecular flexibility index (Phi) is 4.63. The standard InChI is InChI=1S/C20H19FN4OS/c1-13(14-5-3-2-4-6-14)24-11-17-18(22-12-24)25(20(27)23-19(17)26)16-9-7-15(21)8-10-16/h2-10,13,22H,11-12H2,1H3,(H,23,26,27)/t13-/m1/s1. The maximum atomic E-state index is 13.3. The lowest BCUT2D eigenvalue weighted by Gasteiger charge is -2.35. The quantitative estimate of drug-likeness (QED) is 0.673. The molecule has 2 N–H and O–H groups in total. The SMILES string of the molecule is C[C@H](c1ccccc1)N1CNc2c(c(=O)[nH]c(=S)n2-c2ccc(F)cc2)C1. The first-order valence-corrected chi connectivity index (χ1v) is 9.12. The van der Waals surface area contributed by atoms with Crippen LogP contribution in [0.15, 0.2) is 59.4 Å². The molecule has 3 aromatic rings. The molecule has 0 amide bonds. The molecule has 0 aliphatic carbocycles. The summed E-state index contributed by atoms with van der Waals surface area (Å²) in [7, 11) is 0. The van der Waals surface area contributed by atoms with Gasteiger partial charge in [-0.2, -0.15) is 0 Å². The molecule has 0 spiro atoms. The van der Waals surface area contributed by atoms with Crippen molar-refractivity contribution in [1.82, 2.24) is 14.5 Å². The summed E-state index contributed by atoms with van der Waals surface area (Å²) in [6, 6.07) is 16.4. The second-order valence-electron chi connectivity index (χ2n) is 6.57. The highest BCUT2D eigenvalue weighted by molar-refractivity contribution is 7.71. The predicted molar refractivity (Wildman–Crippen MR) is 106 cm³/mol. The van der Waals surface area contributed by atoms with Gasteiger partial charge in [-0.3, -0.25) is 19.2 Å². The van der Waals surface area contributed by atoms with Gasteiger partial charge in [0.15, 0.2) is 4.77 Å². The second kappa shape index (κ2) is 7.09. The fourth-order valence-corrected chi connectivity index (χ4v) is 3.68. The van der Waals surface area contributed by atoms with Gasteiger partial charge in [-0.05, 0) is 49.0 Å². The fourth-order valence-electron chi connectivity index (χ4n) is 3.39. The van der Waals surface area contributed by atoms with Crippen LogP contribution in [0.25, 0.3) is 5.69 Å². The fraction of sp³-hybridized carbons (Fsp3) is 0.200. The van der Waals surface area contributed by atoms with E-state index < -0.39 is 0 Å². The molecule has 1 aliphatic rings. The number of rotatable bonds is 3. The summed E-state index contributed by atoms with van der Waals surface area (Å²) in [6.45, 7) is 3.18. The maximum Gasteiger partial charge on any atom is 0.258 e. The highest BCUT2D eigenvalue weighted by atomic mass is 32.1. The number of fused-ring (bicyclic) bond motifs is 1. The number of nitrogens with one attached hydrogen (secondary N) is 2. The number of nitrogens with zero attached hydrogens (tertiary/aromatic N) is 2. The first-order valence-electron chi connectivity index (χ1n) is 8.71. The minimum Gasteiger partial charge on any atom is -0.358 e. The van der Waals surface area contributed by atoms with Gasteiger partial charge in [-0.25, -0.2) is 4.39 Å². The van der Waals surface area contributed by atoms with Crippen LogP contribution < -0.4 is 10.9 Å². The summed E-state index contributed by atoms with van der Waals surface area (Å²) in [5.74, 6) is 0.339. The molecule has 5 nitrogen and oxygen atoms in total. The normalized spacial score (nSPS) is 15.0. The Morgan fingerprint density at radius 2 is 1.81 bits per heavy atom. The largest absolute Gasteiger partial charge is 0.358 e. The molecule has 7 heteroatoms. The molecule has 1 aliphatic heterocycles. The van der Waals surface area contributed by atoms with E-state index in [1.54, 1.807) is 16.7 Å². The van der Waals surface area contributed by atoms with Crippen LogP contribution in [0, 0.1) is 10.6 Å². The first kappa shape index (κ1) is 17.6. The molecule has 1 aromatic heterocycles. The molecule has 0 saturated heterocycles. The summed E-state index contributed by atoms with van der Waals surface area (Å²) < 4.78 is 15.3.